The van der Waals surface area contributed by atoms with Crippen LogP contribution in [0.25, 0.3) is 0 Å². The van der Waals surface area contributed by atoms with E-state index in [9.17, 15) is 4.79 Å². The Labute approximate surface area is 197 Å². The molecule has 5 heteroatoms. The third-order valence-electron chi connectivity index (χ3n) is 6.73. The van der Waals surface area contributed by atoms with E-state index in [-0.39, 0.29) is 11.8 Å². The summed E-state index contributed by atoms with van der Waals surface area (Å²) in [5.41, 5.74) is 3.75. The van der Waals surface area contributed by atoms with Gasteiger partial charge in [-0.15, -0.1) is 0 Å². The van der Waals surface area contributed by atoms with E-state index in [1.807, 2.05) is 18.2 Å². The van der Waals surface area contributed by atoms with Crippen molar-refractivity contribution in [2.45, 2.75) is 58.2 Å². The van der Waals surface area contributed by atoms with E-state index in [1.54, 1.807) is 0 Å². The van der Waals surface area contributed by atoms with E-state index in [2.05, 4.69) is 45.4 Å². The monoisotopic (exact) mass is 453 g/mol. The second kappa shape index (κ2) is 11.8. The van der Waals surface area contributed by atoms with Gasteiger partial charge in [0.25, 0.3) is 0 Å². The first-order valence-electron chi connectivity index (χ1n) is 12.2. The number of benzene rings is 2. The maximum atomic E-state index is 12.9. The highest BCUT2D eigenvalue weighted by atomic mass is 35.5. The number of hydrogen-bond donors (Lipinski definition) is 1. The predicted molar refractivity (Wildman–Crippen MR) is 131 cm³/mol. The van der Waals surface area contributed by atoms with E-state index in [0.717, 1.165) is 44.0 Å². The fourth-order valence-electron chi connectivity index (χ4n) is 5.03. The van der Waals surface area contributed by atoms with Gasteiger partial charge in [0.15, 0.2) is 0 Å². The number of hydrogen-bond acceptors (Lipinski definition) is 3. The van der Waals surface area contributed by atoms with Crippen LogP contribution in [-0.4, -0.2) is 41.9 Å². The van der Waals surface area contributed by atoms with Gasteiger partial charge in [0.05, 0.1) is 5.92 Å². The number of rotatable bonds is 7. The molecular weight excluding hydrogens is 418 g/mol. The van der Waals surface area contributed by atoms with E-state index in [1.165, 1.54) is 55.5 Å². The number of nitrogens with zero attached hydrogens (tertiary/aromatic N) is 2. The van der Waals surface area contributed by atoms with Crippen LogP contribution in [0.1, 0.15) is 55.2 Å². The van der Waals surface area contributed by atoms with Crippen molar-refractivity contribution in [3.63, 3.8) is 0 Å². The normalized spacial score (nSPS) is 20.6. The van der Waals surface area contributed by atoms with Crippen LogP contribution in [0.4, 0.5) is 0 Å². The second-order valence-electron chi connectivity index (χ2n) is 9.43. The highest BCUT2D eigenvalue weighted by Gasteiger charge is 2.25. The second-order valence-corrected chi connectivity index (χ2v) is 9.87. The lowest BCUT2D eigenvalue weighted by molar-refractivity contribution is -0.126. The van der Waals surface area contributed by atoms with Crippen LogP contribution in [0, 0.1) is 5.92 Å². The van der Waals surface area contributed by atoms with Crippen molar-refractivity contribution < 1.29 is 4.79 Å². The molecule has 2 fully saturated rings. The largest absolute Gasteiger partial charge is 0.352 e. The molecule has 2 aliphatic rings. The zero-order valence-corrected chi connectivity index (χ0v) is 19.8. The summed E-state index contributed by atoms with van der Waals surface area (Å²) < 4.78 is 0. The summed E-state index contributed by atoms with van der Waals surface area (Å²) >= 11 is 6.13. The van der Waals surface area contributed by atoms with Gasteiger partial charge in [-0.2, -0.15) is 0 Å². The van der Waals surface area contributed by atoms with Gasteiger partial charge in [-0.25, -0.2) is 0 Å². The first-order valence-corrected chi connectivity index (χ1v) is 12.6. The van der Waals surface area contributed by atoms with Crippen LogP contribution in [0.2, 0.25) is 5.02 Å². The van der Waals surface area contributed by atoms with Crippen molar-refractivity contribution in [3.8, 4) is 0 Å². The van der Waals surface area contributed by atoms with E-state index >= 15 is 0 Å². The van der Waals surface area contributed by atoms with Gasteiger partial charge in [0, 0.05) is 31.2 Å². The van der Waals surface area contributed by atoms with Crippen molar-refractivity contribution in [2.24, 2.45) is 5.92 Å². The highest BCUT2D eigenvalue weighted by molar-refractivity contribution is 6.30. The molecule has 32 heavy (non-hydrogen) atoms. The Morgan fingerprint density at radius 1 is 0.844 bits per heavy atom. The zero-order chi connectivity index (χ0) is 22.2. The molecule has 4 nitrogen and oxygen atoms in total. The number of carbonyl (C=O) groups is 1. The number of amides is 1. The SMILES string of the molecule is O=C(NCc1cccc(CN2CCCCCC2)c1)C1CCCN(Cc2cccc(Cl)c2)C1. The number of likely N-dealkylation sites (tertiary alicyclic amines) is 2. The summed E-state index contributed by atoms with van der Waals surface area (Å²) in [5.74, 6) is 0.238. The minimum absolute atomic E-state index is 0.0585. The molecule has 1 atom stereocenters. The van der Waals surface area contributed by atoms with Gasteiger partial charge in [0.1, 0.15) is 0 Å². The number of nitrogens with one attached hydrogen (secondary N) is 1. The quantitative estimate of drug-likeness (QED) is 0.622. The Kier molecular flexibility index (Phi) is 8.61. The van der Waals surface area contributed by atoms with E-state index in [4.69, 9.17) is 11.6 Å². The van der Waals surface area contributed by atoms with E-state index < -0.39 is 0 Å². The Balaban J connectivity index is 1.26. The van der Waals surface area contributed by atoms with Crippen molar-refractivity contribution >= 4 is 17.5 Å². The van der Waals surface area contributed by atoms with Crippen molar-refractivity contribution in [1.82, 2.24) is 15.1 Å². The maximum Gasteiger partial charge on any atom is 0.224 e. The summed E-state index contributed by atoms with van der Waals surface area (Å²) in [7, 11) is 0. The average Bonchev–Trinajstić information content (AvgIpc) is 3.07. The Morgan fingerprint density at radius 2 is 1.50 bits per heavy atom. The average molecular weight is 454 g/mol. The van der Waals surface area contributed by atoms with Crippen molar-refractivity contribution in [3.05, 3.63) is 70.2 Å². The summed E-state index contributed by atoms with van der Waals surface area (Å²) in [6.07, 6.45) is 7.37. The third kappa shape index (κ3) is 7.06. The predicted octanol–water partition coefficient (Wildman–Crippen LogP) is 5.24. The van der Waals surface area contributed by atoms with Crippen molar-refractivity contribution in [1.29, 1.82) is 0 Å². The van der Waals surface area contributed by atoms with Crippen LogP contribution < -0.4 is 5.32 Å². The van der Waals surface area contributed by atoms with E-state index in [0.29, 0.717) is 6.54 Å². The smallest absolute Gasteiger partial charge is 0.224 e. The van der Waals surface area contributed by atoms with Gasteiger partial charge in [-0.3, -0.25) is 14.6 Å². The molecule has 2 aromatic rings. The standard InChI is InChI=1S/C27H36ClN3O/c28-26-12-6-10-24(17-26)20-31-15-7-11-25(21-31)27(32)29-18-22-8-5-9-23(16-22)19-30-13-3-1-2-4-14-30/h5-6,8-10,12,16-17,25H,1-4,7,11,13-15,18-21H2,(H,29,32). The molecule has 0 spiro atoms. The van der Waals surface area contributed by atoms with Gasteiger partial charge in [0.2, 0.25) is 5.91 Å². The van der Waals surface area contributed by atoms with Gasteiger partial charge >= 0.3 is 0 Å². The van der Waals surface area contributed by atoms with Gasteiger partial charge in [-0.1, -0.05) is 60.8 Å². The molecule has 1 N–H and O–H groups in total. The first kappa shape index (κ1) is 23.3. The molecule has 0 radical (unpaired) electrons. The van der Waals surface area contributed by atoms with Crippen LogP contribution in [0.3, 0.4) is 0 Å². The minimum atomic E-state index is 0.0585. The zero-order valence-electron chi connectivity index (χ0n) is 19.1. The molecule has 2 heterocycles. The molecule has 0 aromatic heterocycles. The molecule has 0 aliphatic carbocycles. The summed E-state index contributed by atoms with van der Waals surface area (Å²) in [5, 5.41) is 3.97. The summed E-state index contributed by atoms with van der Waals surface area (Å²) in [4.78, 5) is 17.8. The fraction of sp³-hybridized carbons (Fsp3) is 0.519. The highest BCUT2D eigenvalue weighted by Crippen LogP contribution is 2.21. The maximum absolute atomic E-state index is 12.9. The van der Waals surface area contributed by atoms with Crippen molar-refractivity contribution in [2.75, 3.05) is 26.2 Å². The first-order chi connectivity index (χ1) is 15.7. The molecule has 2 aliphatic heterocycles. The number of halogens is 1. The Morgan fingerprint density at radius 3 is 2.28 bits per heavy atom. The van der Waals surface area contributed by atoms with Crippen LogP contribution >= 0.6 is 11.6 Å². The van der Waals surface area contributed by atoms with Crippen LogP contribution in [-0.2, 0) is 24.4 Å². The Hall–Kier alpha value is -1.88. The summed E-state index contributed by atoms with van der Waals surface area (Å²) in [6, 6.07) is 16.7. The van der Waals surface area contributed by atoms with Gasteiger partial charge in [-0.05, 0) is 74.1 Å². The third-order valence-corrected chi connectivity index (χ3v) is 6.97. The minimum Gasteiger partial charge on any atom is -0.352 e. The molecule has 4 rings (SSSR count). The molecule has 2 aromatic carbocycles. The molecular formula is C27H36ClN3O. The Bertz CT molecular complexity index is 879. The van der Waals surface area contributed by atoms with Gasteiger partial charge < -0.3 is 5.32 Å². The summed E-state index contributed by atoms with van der Waals surface area (Å²) in [6.45, 7) is 6.73. The molecule has 1 unspecified atom stereocenters. The molecule has 1 amide bonds. The van der Waals surface area contributed by atoms with Crippen LogP contribution in [0.5, 0.6) is 0 Å². The molecule has 0 bridgehead atoms. The number of piperidine rings is 1. The van der Waals surface area contributed by atoms with Crippen LogP contribution in [0.15, 0.2) is 48.5 Å². The molecule has 0 saturated carbocycles. The molecule has 172 valence electrons. The molecule has 2 saturated heterocycles. The number of carbonyl (C=O) groups excluding carboxylic acids is 1. The fourth-order valence-corrected chi connectivity index (χ4v) is 5.24. The topological polar surface area (TPSA) is 35.6 Å². The lowest BCUT2D eigenvalue weighted by Gasteiger charge is -2.32. The lowest BCUT2D eigenvalue weighted by atomic mass is 9.96. The lowest BCUT2D eigenvalue weighted by Crippen LogP contribution is -2.42.